The zero-order valence-corrected chi connectivity index (χ0v) is 69.1. The Bertz CT molecular complexity index is 3510. The summed E-state index contributed by atoms with van der Waals surface area (Å²) in [4.78, 5) is 99.1. The van der Waals surface area contributed by atoms with Crippen LogP contribution in [0.2, 0.25) is 0 Å². The Kier molecular flexibility index (Phi) is 34.8. The number of fused-ring (bicyclic) bond motifs is 6. The zero-order valence-electron chi connectivity index (χ0n) is 69.1. The van der Waals surface area contributed by atoms with E-state index in [0.717, 1.165) is 65.9 Å². The number of carbonyl (C=O) groups is 7. The molecule has 26 nitrogen and oxygen atoms in total. The van der Waals surface area contributed by atoms with Gasteiger partial charge in [0.2, 0.25) is 17.7 Å². The van der Waals surface area contributed by atoms with E-state index in [1.807, 2.05) is 54.5 Å². The van der Waals surface area contributed by atoms with E-state index >= 15 is 0 Å². The number of nitrogens with zero attached hydrogens (tertiary/aromatic N) is 5. The minimum atomic E-state index is -2.11. The number of benzene rings is 1. The van der Waals surface area contributed by atoms with Crippen molar-refractivity contribution in [2.24, 2.45) is 69.8 Å². The van der Waals surface area contributed by atoms with Crippen LogP contribution in [0.3, 0.4) is 0 Å². The fourth-order valence-electron chi connectivity index (χ4n) is 19.2. The number of hydrogen-bond donors (Lipinski definition) is 7. The third kappa shape index (κ3) is 24.7. The third-order valence-corrected chi connectivity index (χ3v) is 25.4. The molecule has 2 aromatic heterocycles. The molecule has 0 radical (unpaired) electrons. The Balaban J connectivity index is 0.000000284. The number of esters is 1. The van der Waals surface area contributed by atoms with Crippen LogP contribution in [-0.2, 0) is 67.3 Å². The van der Waals surface area contributed by atoms with Gasteiger partial charge in [-0.3, -0.25) is 33.6 Å². The zero-order chi connectivity index (χ0) is 81.7. The molecule has 3 aromatic rings. The average Bonchev–Trinajstić information content (AvgIpc) is 1.39. The number of halogens is 1. The number of primary amides is 1. The van der Waals surface area contributed by atoms with Crippen LogP contribution >= 0.6 is 0 Å². The number of piperazine rings is 1. The maximum absolute atomic E-state index is 14.1. The molecule has 27 heteroatoms. The van der Waals surface area contributed by atoms with E-state index in [9.17, 15) is 58.4 Å². The topological polar surface area (TPSA) is 352 Å². The van der Waals surface area contributed by atoms with Gasteiger partial charge in [0.1, 0.15) is 42.0 Å². The predicted molar refractivity (Wildman–Crippen MR) is 420 cm³/mol. The normalized spacial score (nSPS) is 25.9. The molecule has 5 saturated carbocycles. The number of hydrogen-bond acceptors (Lipinski definition) is 20. The summed E-state index contributed by atoms with van der Waals surface area (Å²) in [6.45, 7) is 32.1. The summed E-state index contributed by atoms with van der Waals surface area (Å²) in [5, 5.41) is 51.3. The van der Waals surface area contributed by atoms with Gasteiger partial charge in [0.25, 0.3) is 11.8 Å². The van der Waals surface area contributed by atoms with Crippen molar-refractivity contribution in [1.29, 1.82) is 0 Å². The van der Waals surface area contributed by atoms with Crippen LogP contribution in [0.15, 0.2) is 36.5 Å². The van der Waals surface area contributed by atoms with Crippen molar-refractivity contribution in [1.82, 2.24) is 35.0 Å². The first-order valence-corrected chi connectivity index (χ1v) is 41.8. The number of aromatic nitrogens is 3. The Morgan fingerprint density at radius 1 is 0.705 bits per heavy atom. The van der Waals surface area contributed by atoms with Gasteiger partial charge in [-0.1, -0.05) is 74.7 Å². The molecule has 1 aliphatic heterocycles. The highest BCUT2D eigenvalue weighted by Crippen LogP contribution is 2.68. The summed E-state index contributed by atoms with van der Waals surface area (Å²) in [6, 6.07) is 6.89. The molecule has 0 spiro atoms. The van der Waals surface area contributed by atoms with Gasteiger partial charge in [0.15, 0.2) is 17.5 Å². The average molecular weight is 1580 g/mol. The maximum atomic E-state index is 14.1. The Morgan fingerprint density at radius 3 is 1.93 bits per heavy atom. The van der Waals surface area contributed by atoms with Crippen LogP contribution in [0.4, 0.5) is 4.39 Å². The van der Waals surface area contributed by atoms with E-state index in [0.29, 0.717) is 139 Å². The second-order valence-electron chi connectivity index (χ2n) is 35.1. The number of Topliss-reactive ketones (excluding diaryl/α,β-unsaturated/α-hetero) is 1. The van der Waals surface area contributed by atoms with E-state index in [1.54, 1.807) is 32.6 Å². The number of amides is 5. The fourth-order valence-corrected chi connectivity index (χ4v) is 19.2. The lowest BCUT2D eigenvalue weighted by molar-refractivity contribution is -0.163. The fraction of sp³-hybridized carbons (Fsp3) is 0.776. The number of nitrogens with two attached hydrogens (primary N) is 1. The van der Waals surface area contributed by atoms with Crippen LogP contribution < -0.4 is 16.4 Å². The second kappa shape index (κ2) is 42.6. The molecule has 6 aliphatic rings. The molecule has 3 heterocycles. The Hall–Kier alpha value is -6.14. The number of nitrogens with one attached hydrogen (secondary N) is 2. The van der Waals surface area contributed by atoms with Crippen molar-refractivity contribution in [2.75, 3.05) is 105 Å². The molecular formula is C85H135FN8O18. The van der Waals surface area contributed by atoms with Crippen molar-refractivity contribution >= 4 is 46.9 Å². The highest BCUT2D eigenvalue weighted by molar-refractivity contribution is 5.94. The maximum Gasteiger partial charge on any atom is 0.308 e. The molecule has 6 fully saturated rings. The minimum absolute atomic E-state index is 0.0231. The molecule has 0 unspecified atom stereocenters. The monoisotopic (exact) mass is 1570 g/mol. The molecular weight excluding hydrogens is 1440 g/mol. The molecule has 14 atom stereocenters. The minimum Gasteiger partial charge on any atom is -0.462 e. The SMILES string of the molecule is CCOCCOCCNC(=O)[C@@H](O)[C@H](O)[C@H](O)[C@@H](O)C(=O)CC1CCC(C(=O)N2CCN(C(=O)c3cn4nc(-c5ccc(F)cc5)cc(C(C)(C)C)c4n3)C(C)(C)C2)CC1.CCOCCOCCOCCOCCC(=O)N[C@@H](CC(=O)O[C@H]1CC[C@@]2(C)[C@H](CC[C@@H]3[C@@H]2CC[C@]2(C)[C@@H]([C@H](C)CCCC(C)C)CC[C@@H]32)C1)C(N)=O. The van der Waals surface area contributed by atoms with E-state index in [4.69, 9.17) is 49.0 Å². The van der Waals surface area contributed by atoms with Gasteiger partial charge in [-0.15, -0.1) is 0 Å². The van der Waals surface area contributed by atoms with Gasteiger partial charge in [0.05, 0.1) is 89.9 Å². The molecule has 5 amide bonds. The van der Waals surface area contributed by atoms with E-state index in [-0.39, 0.29) is 85.7 Å². The van der Waals surface area contributed by atoms with Crippen molar-refractivity contribution in [3.05, 3.63) is 53.6 Å². The van der Waals surface area contributed by atoms with Crippen molar-refractivity contribution in [3.8, 4) is 11.3 Å². The first kappa shape index (κ1) is 91.4. The predicted octanol–water partition coefficient (Wildman–Crippen LogP) is 9.13. The summed E-state index contributed by atoms with van der Waals surface area (Å²) in [7, 11) is 0. The van der Waals surface area contributed by atoms with E-state index in [2.05, 4.69) is 45.3 Å². The van der Waals surface area contributed by atoms with Gasteiger partial charge in [-0.2, -0.15) is 5.10 Å². The van der Waals surface area contributed by atoms with E-state index in [1.165, 1.54) is 69.9 Å². The van der Waals surface area contributed by atoms with Gasteiger partial charge in [0, 0.05) is 69.3 Å². The largest absolute Gasteiger partial charge is 0.462 e. The molecule has 112 heavy (non-hydrogen) atoms. The van der Waals surface area contributed by atoms with Gasteiger partial charge < -0.3 is 79.8 Å². The lowest BCUT2D eigenvalue weighted by Crippen LogP contribution is -2.62. The third-order valence-electron chi connectivity index (χ3n) is 25.4. The summed E-state index contributed by atoms with van der Waals surface area (Å²) >= 11 is 0. The number of aliphatic hydroxyl groups excluding tert-OH is 4. The highest BCUT2D eigenvalue weighted by Gasteiger charge is 2.61. The lowest BCUT2D eigenvalue weighted by Gasteiger charge is -2.61. The van der Waals surface area contributed by atoms with Crippen LogP contribution in [0.5, 0.6) is 0 Å². The molecule has 630 valence electrons. The number of rotatable bonds is 40. The summed E-state index contributed by atoms with van der Waals surface area (Å²) in [5.74, 6) is 1.00. The molecule has 8 N–H and O–H groups in total. The molecule has 1 aromatic carbocycles. The number of carbonyl (C=O) groups excluding carboxylic acids is 7. The Labute approximate surface area is 663 Å². The number of ether oxygens (including phenoxy) is 7. The molecule has 1 saturated heterocycles. The van der Waals surface area contributed by atoms with Crippen LogP contribution in [-0.4, -0.2) is 234 Å². The number of imidazole rings is 1. The quantitative estimate of drug-likeness (QED) is 0.0206. The van der Waals surface area contributed by atoms with E-state index < -0.39 is 65.5 Å². The number of ketones is 1. The smallest absolute Gasteiger partial charge is 0.308 e. The molecule has 9 rings (SSSR count). The summed E-state index contributed by atoms with van der Waals surface area (Å²) < 4.78 is 53.2. The van der Waals surface area contributed by atoms with Crippen molar-refractivity contribution in [2.45, 2.75) is 253 Å². The lowest BCUT2D eigenvalue weighted by atomic mass is 9.44. The van der Waals surface area contributed by atoms with Gasteiger partial charge >= 0.3 is 5.97 Å². The Morgan fingerprint density at radius 2 is 1.31 bits per heavy atom. The van der Waals surface area contributed by atoms with Crippen molar-refractivity contribution in [3.63, 3.8) is 0 Å². The van der Waals surface area contributed by atoms with Gasteiger partial charge in [-0.05, 0) is 205 Å². The van der Waals surface area contributed by atoms with Crippen LogP contribution in [0.25, 0.3) is 16.9 Å². The highest BCUT2D eigenvalue weighted by atomic mass is 19.1. The van der Waals surface area contributed by atoms with Gasteiger partial charge in [-0.25, -0.2) is 13.9 Å². The van der Waals surface area contributed by atoms with Crippen LogP contribution in [0, 0.1) is 69.9 Å². The van der Waals surface area contributed by atoms with Crippen molar-refractivity contribution < 1.29 is 91.5 Å². The summed E-state index contributed by atoms with van der Waals surface area (Å²) in [6.07, 6.45) is 9.84. The first-order valence-electron chi connectivity index (χ1n) is 41.8. The second-order valence-corrected chi connectivity index (χ2v) is 35.1. The summed E-state index contributed by atoms with van der Waals surface area (Å²) in [5.41, 5.74) is 8.30. The number of aliphatic hydroxyl groups is 4. The molecule has 5 aliphatic carbocycles. The first-order chi connectivity index (χ1) is 53.2. The molecule has 0 bridgehead atoms. The standard InChI is InChI=1S/C43H61FN6O10.C42H74N2O8/c1-7-59-20-21-60-19-16-45-39(56)37(55)36(54)35(53)34(52)33(51)22-26-8-10-28(11-9-26)40(57)48-17-18-49(43(5,6)25-48)41(58)32-24-50-38(46-32)30(42(2,3)4)23-31(47-50)27-12-14-29(44)15-13-27;1-7-48-21-22-50-25-26-51-24-23-49-20-17-38(45)44-37(40(43)47)28-39(46)52-32-15-18-41(5)31(27-32)11-12-33-35-14-13-34(30(4)10-8-9-29(2)3)42(35,6)19-16-36(33)41/h12-15,23-24,26,28,34-37,52-55H,7-11,16-22,25H2,1-6H3,(H,45,56);29-37H,7-28H2,1-6H3,(H2,43,47)(H,44,45)/t26?,28?,34-,35+,36+,37-;30-,31-,32+,33+,34-,35+,36+,37+,41+,42-/m01/s1. The van der Waals surface area contributed by atoms with Crippen LogP contribution in [0.1, 0.15) is 221 Å².